The predicted octanol–water partition coefficient (Wildman–Crippen LogP) is 1.68. The third-order valence-corrected chi connectivity index (χ3v) is 1.29. The van der Waals surface area contributed by atoms with Gasteiger partial charge in [-0.25, -0.2) is 0 Å². The van der Waals surface area contributed by atoms with Crippen LogP contribution in [0.1, 0.15) is 13.3 Å². The highest BCUT2D eigenvalue weighted by molar-refractivity contribution is 5.14. The van der Waals surface area contributed by atoms with Gasteiger partial charge in [-0.2, -0.15) is 0 Å². The van der Waals surface area contributed by atoms with Gasteiger partial charge in [0.05, 0.1) is 5.70 Å². The molecular formula is C5H7NO. The highest BCUT2D eigenvalue weighted by atomic mass is 16.3. The van der Waals surface area contributed by atoms with Crippen molar-refractivity contribution in [3.05, 3.63) is 16.7 Å². The fourth-order valence-electron chi connectivity index (χ4n) is 0.586. The normalized spacial score (nSPS) is 28.1. The van der Waals surface area contributed by atoms with Gasteiger partial charge in [-0.1, -0.05) is 13.0 Å². The molecule has 0 saturated carbocycles. The SMILES string of the molecule is C[C@@H]1CC=C1N=O. The quantitative estimate of drug-likeness (QED) is 0.457. The van der Waals surface area contributed by atoms with Gasteiger partial charge in [0.25, 0.3) is 0 Å². The molecule has 2 heteroatoms. The fourth-order valence-corrected chi connectivity index (χ4v) is 0.586. The average molecular weight is 97.1 g/mol. The summed E-state index contributed by atoms with van der Waals surface area (Å²) in [5.74, 6) is 0.428. The van der Waals surface area contributed by atoms with Crippen LogP contribution in [0.4, 0.5) is 0 Å². The molecule has 7 heavy (non-hydrogen) atoms. The Morgan fingerprint density at radius 1 is 2.00 bits per heavy atom. The Hall–Kier alpha value is -0.660. The maximum Gasteiger partial charge on any atom is 0.0840 e. The van der Waals surface area contributed by atoms with E-state index in [1.165, 1.54) is 0 Å². The molecule has 1 aliphatic carbocycles. The van der Waals surface area contributed by atoms with E-state index in [1.807, 2.05) is 13.0 Å². The van der Waals surface area contributed by atoms with E-state index in [9.17, 15) is 4.91 Å². The third-order valence-electron chi connectivity index (χ3n) is 1.29. The fraction of sp³-hybridized carbons (Fsp3) is 0.600. The molecule has 0 unspecified atom stereocenters. The van der Waals surface area contributed by atoms with E-state index >= 15 is 0 Å². The Balaban J connectivity index is 2.56. The van der Waals surface area contributed by atoms with Crippen molar-refractivity contribution >= 4 is 0 Å². The summed E-state index contributed by atoms with van der Waals surface area (Å²) in [6, 6.07) is 0. The standard InChI is InChI=1S/C5H7NO/c1-4-2-3-5(4)6-7/h3-4H,2H2,1H3/t4-/m1/s1. The van der Waals surface area contributed by atoms with Gasteiger partial charge in [0.1, 0.15) is 0 Å². The molecule has 0 spiro atoms. The first kappa shape index (κ1) is 4.50. The van der Waals surface area contributed by atoms with Crippen LogP contribution in [-0.4, -0.2) is 0 Å². The number of rotatable bonds is 1. The molecule has 2 nitrogen and oxygen atoms in total. The van der Waals surface area contributed by atoms with Crippen LogP contribution in [-0.2, 0) is 0 Å². The molecule has 0 fully saturated rings. The van der Waals surface area contributed by atoms with Crippen LogP contribution >= 0.6 is 0 Å². The van der Waals surface area contributed by atoms with Gasteiger partial charge < -0.3 is 0 Å². The minimum atomic E-state index is 0.428. The van der Waals surface area contributed by atoms with Crippen LogP contribution in [0.2, 0.25) is 0 Å². The molecule has 1 aliphatic rings. The topological polar surface area (TPSA) is 29.4 Å². The van der Waals surface area contributed by atoms with Crippen molar-refractivity contribution in [2.75, 3.05) is 0 Å². The maximum absolute atomic E-state index is 9.68. The summed E-state index contributed by atoms with van der Waals surface area (Å²) < 4.78 is 0. The van der Waals surface area contributed by atoms with E-state index < -0.39 is 0 Å². The molecule has 38 valence electrons. The lowest BCUT2D eigenvalue weighted by Crippen LogP contribution is -2.04. The van der Waals surface area contributed by atoms with E-state index in [-0.39, 0.29) is 0 Å². The van der Waals surface area contributed by atoms with Crippen molar-refractivity contribution < 1.29 is 0 Å². The summed E-state index contributed by atoms with van der Waals surface area (Å²) in [4.78, 5) is 9.68. The zero-order valence-electron chi connectivity index (χ0n) is 4.22. The number of allylic oxidation sites excluding steroid dienone is 2. The number of hydrogen-bond donors (Lipinski definition) is 0. The summed E-state index contributed by atoms with van der Waals surface area (Å²) in [5, 5.41) is 2.79. The molecule has 0 aromatic heterocycles. The van der Waals surface area contributed by atoms with Gasteiger partial charge in [0.2, 0.25) is 0 Å². The lowest BCUT2D eigenvalue weighted by atomic mass is 9.93. The van der Waals surface area contributed by atoms with Gasteiger partial charge in [-0.05, 0) is 11.6 Å². The molecule has 0 aromatic rings. The van der Waals surface area contributed by atoms with E-state index in [0.29, 0.717) is 5.92 Å². The molecule has 0 aromatic carbocycles. The summed E-state index contributed by atoms with van der Waals surface area (Å²) in [6.07, 6.45) is 2.89. The second-order valence-electron chi connectivity index (χ2n) is 1.86. The third kappa shape index (κ3) is 0.557. The van der Waals surface area contributed by atoms with E-state index in [4.69, 9.17) is 0 Å². The van der Waals surface area contributed by atoms with Crippen LogP contribution in [0.5, 0.6) is 0 Å². The molecule has 1 atom stereocenters. The lowest BCUT2D eigenvalue weighted by Gasteiger charge is -2.14. The molecule has 0 heterocycles. The molecule has 0 amide bonds. The largest absolute Gasteiger partial charge is 0.145 e. The van der Waals surface area contributed by atoms with Crippen molar-refractivity contribution in [3.63, 3.8) is 0 Å². The maximum atomic E-state index is 9.68. The molecule has 0 radical (unpaired) electrons. The zero-order valence-corrected chi connectivity index (χ0v) is 4.22. The summed E-state index contributed by atoms with van der Waals surface area (Å²) in [7, 11) is 0. The van der Waals surface area contributed by atoms with Crippen molar-refractivity contribution in [2.24, 2.45) is 11.1 Å². The second-order valence-corrected chi connectivity index (χ2v) is 1.86. The molecule has 0 bridgehead atoms. The first-order valence-electron chi connectivity index (χ1n) is 2.38. The van der Waals surface area contributed by atoms with Crippen molar-refractivity contribution in [3.8, 4) is 0 Å². The number of hydrogen-bond acceptors (Lipinski definition) is 2. The van der Waals surface area contributed by atoms with Crippen molar-refractivity contribution in [2.45, 2.75) is 13.3 Å². The van der Waals surface area contributed by atoms with Gasteiger partial charge in [0.15, 0.2) is 0 Å². The smallest absolute Gasteiger partial charge is 0.0840 e. The lowest BCUT2D eigenvalue weighted by molar-refractivity contribution is 0.613. The Kier molecular flexibility index (Phi) is 0.929. The van der Waals surface area contributed by atoms with Gasteiger partial charge in [0, 0.05) is 5.92 Å². The van der Waals surface area contributed by atoms with Crippen molar-refractivity contribution in [1.29, 1.82) is 0 Å². The molecule has 0 N–H and O–H groups in total. The first-order valence-corrected chi connectivity index (χ1v) is 2.38. The van der Waals surface area contributed by atoms with E-state index in [2.05, 4.69) is 5.18 Å². The number of nitrogens with zero attached hydrogens (tertiary/aromatic N) is 1. The second kappa shape index (κ2) is 1.45. The minimum absolute atomic E-state index is 0.428. The predicted molar refractivity (Wildman–Crippen MR) is 27.7 cm³/mol. The highest BCUT2D eigenvalue weighted by Crippen LogP contribution is 2.26. The van der Waals surface area contributed by atoms with Crippen LogP contribution < -0.4 is 0 Å². The Morgan fingerprint density at radius 2 is 2.71 bits per heavy atom. The summed E-state index contributed by atoms with van der Waals surface area (Å²) in [6.45, 7) is 2.00. The molecule has 0 aliphatic heterocycles. The monoisotopic (exact) mass is 97.1 g/mol. The Bertz CT molecular complexity index is 117. The van der Waals surface area contributed by atoms with Crippen LogP contribution in [0.3, 0.4) is 0 Å². The molecular weight excluding hydrogens is 90.1 g/mol. The minimum Gasteiger partial charge on any atom is -0.145 e. The van der Waals surface area contributed by atoms with Gasteiger partial charge in [-0.15, -0.1) is 4.91 Å². The van der Waals surface area contributed by atoms with Crippen LogP contribution in [0, 0.1) is 10.8 Å². The Labute approximate surface area is 42.2 Å². The molecule has 0 saturated heterocycles. The van der Waals surface area contributed by atoms with E-state index in [1.54, 1.807) is 0 Å². The van der Waals surface area contributed by atoms with Gasteiger partial charge in [-0.3, -0.25) is 0 Å². The first-order chi connectivity index (χ1) is 3.34. The Morgan fingerprint density at radius 3 is 2.71 bits per heavy atom. The molecule has 1 rings (SSSR count). The van der Waals surface area contributed by atoms with Crippen LogP contribution in [0.25, 0.3) is 0 Å². The summed E-state index contributed by atoms with van der Waals surface area (Å²) in [5.41, 5.74) is 0.722. The zero-order chi connectivity index (χ0) is 5.28. The van der Waals surface area contributed by atoms with Gasteiger partial charge >= 0.3 is 0 Å². The average Bonchev–Trinajstić information content (AvgIpc) is 1.65. The highest BCUT2D eigenvalue weighted by Gasteiger charge is 2.15. The van der Waals surface area contributed by atoms with E-state index in [0.717, 1.165) is 12.1 Å². The summed E-state index contributed by atoms with van der Waals surface area (Å²) >= 11 is 0. The van der Waals surface area contributed by atoms with Crippen molar-refractivity contribution in [1.82, 2.24) is 0 Å². The van der Waals surface area contributed by atoms with Crippen LogP contribution in [0.15, 0.2) is 16.9 Å². The number of nitroso groups, excluding NO2 is 1.